The van der Waals surface area contributed by atoms with E-state index in [9.17, 15) is 14.4 Å². The van der Waals surface area contributed by atoms with Gasteiger partial charge < -0.3 is 10.1 Å². The molecule has 3 rings (SSSR count). The second-order valence-corrected chi connectivity index (χ2v) is 6.25. The van der Waals surface area contributed by atoms with Gasteiger partial charge in [-0.2, -0.15) is 5.10 Å². The SMILES string of the molecule is CCOC(=O)Cc1csc(NC(=O)Cc2n[nH]c(=O)c3ccccc23)n1. The maximum atomic E-state index is 12.3. The number of benzene rings is 1. The molecule has 8 nitrogen and oxygen atoms in total. The highest BCUT2D eigenvalue weighted by molar-refractivity contribution is 7.13. The van der Waals surface area contributed by atoms with Gasteiger partial charge in [-0.3, -0.25) is 14.4 Å². The number of H-pyrrole nitrogens is 1. The summed E-state index contributed by atoms with van der Waals surface area (Å²) in [5.41, 5.74) is 0.714. The van der Waals surface area contributed by atoms with Gasteiger partial charge in [-0.05, 0) is 13.0 Å². The predicted octanol–water partition coefficient (Wildman–Crippen LogP) is 1.67. The minimum absolute atomic E-state index is 0.00984. The lowest BCUT2D eigenvalue weighted by molar-refractivity contribution is -0.142. The molecular formula is C17H16N4O4S. The summed E-state index contributed by atoms with van der Waals surface area (Å²) in [5.74, 6) is -0.675. The highest BCUT2D eigenvalue weighted by Gasteiger charge is 2.13. The third-order valence-corrected chi connectivity index (χ3v) is 4.34. The third kappa shape index (κ3) is 4.12. The van der Waals surface area contributed by atoms with E-state index in [-0.39, 0.29) is 30.3 Å². The first-order valence-electron chi connectivity index (χ1n) is 7.93. The molecule has 26 heavy (non-hydrogen) atoms. The van der Waals surface area contributed by atoms with Crippen LogP contribution in [0.1, 0.15) is 18.3 Å². The maximum absolute atomic E-state index is 12.3. The predicted molar refractivity (Wildman–Crippen MR) is 97.1 cm³/mol. The van der Waals surface area contributed by atoms with Crippen molar-refractivity contribution in [1.29, 1.82) is 0 Å². The molecule has 0 spiro atoms. The molecule has 1 aromatic carbocycles. The van der Waals surface area contributed by atoms with Crippen molar-refractivity contribution in [1.82, 2.24) is 15.2 Å². The van der Waals surface area contributed by atoms with Crippen LogP contribution in [0.25, 0.3) is 10.8 Å². The highest BCUT2D eigenvalue weighted by Crippen LogP contribution is 2.17. The molecule has 0 aliphatic heterocycles. The van der Waals surface area contributed by atoms with Crippen molar-refractivity contribution in [2.24, 2.45) is 0 Å². The van der Waals surface area contributed by atoms with E-state index < -0.39 is 0 Å². The Labute approximate surface area is 152 Å². The van der Waals surface area contributed by atoms with Crippen LogP contribution in [-0.2, 0) is 27.2 Å². The molecular weight excluding hydrogens is 356 g/mol. The smallest absolute Gasteiger partial charge is 0.311 e. The first kappa shape index (κ1) is 17.7. The molecule has 0 saturated carbocycles. The average molecular weight is 372 g/mol. The van der Waals surface area contributed by atoms with Crippen LogP contribution in [0.5, 0.6) is 0 Å². The van der Waals surface area contributed by atoms with Crippen molar-refractivity contribution in [3.8, 4) is 0 Å². The normalized spacial score (nSPS) is 10.7. The van der Waals surface area contributed by atoms with Crippen molar-refractivity contribution >= 4 is 39.1 Å². The lowest BCUT2D eigenvalue weighted by Gasteiger charge is -2.04. The van der Waals surface area contributed by atoms with E-state index in [0.29, 0.717) is 33.9 Å². The number of aromatic amines is 1. The van der Waals surface area contributed by atoms with Gasteiger partial charge in [-0.1, -0.05) is 18.2 Å². The largest absolute Gasteiger partial charge is 0.466 e. The topological polar surface area (TPSA) is 114 Å². The first-order chi connectivity index (χ1) is 12.6. The molecule has 3 aromatic rings. The molecule has 9 heteroatoms. The Morgan fingerprint density at radius 2 is 2.00 bits per heavy atom. The van der Waals surface area contributed by atoms with Gasteiger partial charge in [-0.15, -0.1) is 11.3 Å². The summed E-state index contributed by atoms with van der Waals surface area (Å²) in [5, 5.41) is 12.3. The number of amides is 1. The van der Waals surface area contributed by atoms with Gasteiger partial charge in [0.1, 0.15) is 0 Å². The number of fused-ring (bicyclic) bond motifs is 1. The molecule has 0 aliphatic rings. The van der Waals surface area contributed by atoms with Gasteiger partial charge in [0.05, 0.1) is 36.2 Å². The summed E-state index contributed by atoms with van der Waals surface area (Å²) in [6, 6.07) is 6.97. The van der Waals surface area contributed by atoms with Crippen molar-refractivity contribution in [2.75, 3.05) is 11.9 Å². The summed E-state index contributed by atoms with van der Waals surface area (Å²) >= 11 is 1.23. The minimum Gasteiger partial charge on any atom is -0.466 e. The Balaban J connectivity index is 1.69. The number of ether oxygens (including phenoxy) is 1. The summed E-state index contributed by atoms with van der Waals surface area (Å²) < 4.78 is 4.87. The molecule has 2 N–H and O–H groups in total. The third-order valence-electron chi connectivity index (χ3n) is 3.53. The summed E-state index contributed by atoms with van der Waals surface area (Å²) in [4.78, 5) is 39.7. The second kappa shape index (κ2) is 7.87. The monoisotopic (exact) mass is 372 g/mol. The lowest BCUT2D eigenvalue weighted by Crippen LogP contribution is -2.18. The Morgan fingerprint density at radius 3 is 2.77 bits per heavy atom. The fourth-order valence-electron chi connectivity index (χ4n) is 2.43. The maximum Gasteiger partial charge on any atom is 0.311 e. The van der Waals surface area contributed by atoms with Crippen LogP contribution in [0, 0.1) is 0 Å². The van der Waals surface area contributed by atoms with Crippen LogP contribution in [0.15, 0.2) is 34.4 Å². The van der Waals surface area contributed by atoms with Crippen LogP contribution >= 0.6 is 11.3 Å². The lowest BCUT2D eigenvalue weighted by atomic mass is 10.1. The van der Waals surface area contributed by atoms with Crippen LogP contribution in [0.3, 0.4) is 0 Å². The molecule has 0 bridgehead atoms. The van der Waals surface area contributed by atoms with Crippen LogP contribution in [0.2, 0.25) is 0 Å². The number of carbonyl (C=O) groups is 2. The average Bonchev–Trinajstić information content (AvgIpc) is 3.04. The van der Waals surface area contributed by atoms with Gasteiger partial charge in [0.25, 0.3) is 5.56 Å². The molecule has 0 fully saturated rings. The summed E-state index contributed by atoms with van der Waals surface area (Å²) in [6.07, 6.45) is 0.0520. The van der Waals surface area contributed by atoms with E-state index in [0.717, 1.165) is 0 Å². The molecule has 0 aliphatic carbocycles. The van der Waals surface area contributed by atoms with Crippen LogP contribution < -0.4 is 10.9 Å². The number of hydrogen-bond donors (Lipinski definition) is 2. The molecule has 1 amide bonds. The van der Waals surface area contributed by atoms with Gasteiger partial charge in [-0.25, -0.2) is 10.1 Å². The molecule has 2 aromatic heterocycles. The van der Waals surface area contributed by atoms with Gasteiger partial charge in [0.15, 0.2) is 5.13 Å². The van der Waals surface area contributed by atoms with E-state index in [1.165, 1.54) is 11.3 Å². The molecule has 0 radical (unpaired) electrons. The van der Waals surface area contributed by atoms with E-state index in [1.807, 2.05) is 0 Å². The van der Waals surface area contributed by atoms with E-state index in [4.69, 9.17) is 4.74 Å². The number of nitrogens with zero attached hydrogens (tertiary/aromatic N) is 2. The molecule has 0 saturated heterocycles. The number of hydrogen-bond acceptors (Lipinski definition) is 7. The zero-order valence-electron chi connectivity index (χ0n) is 13.9. The highest BCUT2D eigenvalue weighted by atomic mass is 32.1. The fourth-order valence-corrected chi connectivity index (χ4v) is 3.15. The number of esters is 1. The molecule has 0 atom stereocenters. The minimum atomic E-state index is -0.361. The van der Waals surface area contributed by atoms with E-state index in [1.54, 1.807) is 36.6 Å². The second-order valence-electron chi connectivity index (χ2n) is 5.40. The van der Waals surface area contributed by atoms with Gasteiger partial charge in [0.2, 0.25) is 5.91 Å². The van der Waals surface area contributed by atoms with Crippen molar-refractivity contribution in [2.45, 2.75) is 19.8 Å². The van der Waals surface area contributed by atoms with Crippen LogP contribution in [-0.4, -0.2) is 33.7 Å². The quantitative estimate of drug-likeness (QED) is 0.636. The Bertz CT molecular complexity index is 1010. The van der Waals surface area contributed by atoms with Crippen molar-refractivity contribution in [3.05, 3.63) is 51.4 Å². The summed E-state index contributed by atoms with van der Waals surface area (Å²) in [7, 11) is 0. The Morgan fingerprint density at radius 1 is 1.23 bits per heavy atom. The van der Waals surface area contributed by atoms with Gasteiger partial charge in [0, 0.05) is 10.8 Å². The number of aromatic nitrogens is 3. The first-order valence-corrected chi connectivity index (χ1v) is 8.81. The zero-order chi connectivity index (χ0) is 18.5. The Kier molecular flexibility index (Phi) is 5.37. The molecule has 2 heterocycles. The van der Waals surface area contributed by atoms with Crippen molar-refractivity contribution < 1.29 is 14.3 Å². The standard InChI is InChI=1S/C17H16N4O4S/c1-2-25-15(23)7-10-9-26-17(18-10)19-14(22)8-13-11-5-3-4-6-12(11)16(24)21-20-13/h3-6,9H,2,7-8H2,1H3,(H,21,24)(H,18,19,22). The zero-order valence-corrected chi connectivity index (χ0v) is 14.8. The number of nitrogens with one attached hydrogen (secondary N) is 2. The number of rotatable bonds is 6. The van der Waals surface area contributed by atoms with Gasteiger partial charge >= 0.3 is 5.97 Å². The summed E-state index contributed by atoms with van der Waals surface area (Å²) in [6.45, 7) is 2.05. The van der Waals surface area contributed by atoms with Crippen molar-refractivity contribution in [3.63, 3.8) is 0 Å². The molecule has 0 unspecified atom stereocenters. The fraction of sp³-hybridized carbons (Fsp3) is 0.235. The molecule has 134 valence electrons. The van der Waals surface area contributed by atoms with E-state index in [2.05, 4.69) is 20.5 Å². The Hall–Kier alpha value is -3.07. The number of anilines is 1. The van der Waals surface area contributed by atoms with E-state index >= 15 is 0 Å². The number of carbonyl (C=O) groups excluding carboxylic acids is 2. The van der Waals surface area contributed by atoms with Crippen LogP contribution in [0.4, 0.5) is 5.13 Å². The number of thiazole rings is 1.